The van der Waals surface area contributed by atoms with E-state index in [1.165, 1.54) is 17.1 Å². The molecule has 4 rings (SSSR count). The zero-order valence-corrected chi connectivity index (χ0v) is 18.0. The van der Waals surface area contributed by atoms with Crippen molar-refractivity contribution in [2.24, 2.45) is 5.92 Å². The van der Waals surface area contributed by atoms with E-state index >= 15 is 0 Å². The minimum atomic E-state index is -1.03. The molecule has 0 saturated heterocycles. The van der Waals surface area contributed by atoms with Gasteiger partial charge in [0.05, 0.1) is 17.8 Å². The summed E-state index contributed by atoms with van der Waals surface area (Å²) in [6, 6.07) is 16.2. The van der Waals surface area contributed by atoms with Crippen molar-refractivity contribution in [3.8, 4) is 11.1 Å². The van der Waals surface area contributed by atoms with Gasteiger partial charge in [0.15, 0.2) is 0 Å². The lowest BCUT2D eigenvalue weighted by Gasteiger charge is -2.16. The summed E-state index contributed by atoms with van der Waals surface area (Å²) in [5, 5.41) is 17.9. The third kappa shape index (κ3) is 5.03. The molecule has 0 saturated carbocycles. The molecule has 0 fully saturated rings. The molecule has 0 bridgehead atoms. The van der Waals surface area contributed by atoms with Crippen LogP contribution in [0, 0.1) is 5.92 Å². The quantitative estimate of drug-likeness (QED) is 0.487. The summed E-state index contributed by atoms with van der Waals surface area (Å²) in [5.41, 5.74) is 4.94. The zero-order valence-electron chi connectivity index (χ0n) is 18.0. The van der Waals surface area contributed by atoms with E-state index in [0.29, 0.717) is 5.69 Å². The highest BCUT2D eigenvalue weighted by Gasteiger charge is 2.29. The van der Waals surface area contributed by atoms with Gasteiger partial charge in [-0.2, -0.15) is 5.10 Å². The highest BCUT2D eigenvalue weighted by Crippen LogP contribution is 2.44. The first-order chi connectivity index (χ1) is 15.9. The molecular formula is C24H24N4O5. The maximum Gasteiger partial charge on any atom is 0.407 e. The Morgan fingerprint density at radius 2 is 1.73 bits per heavy atom. The van der Waals surface area contributed by atoms with Crippen LogP contribution in [0.4, 0.5) is 10.5 Å². The number of aromatic nitrogens is 2. The molecule has 0 aliphatic heterocycles. The number of hydrogen-bond acceptors (Lipinski definition) is 5. The second-order valence-corrected chi connectivity index (χ2v) is 7.92. The van der Waals surface area contributed by atoms with Gasteiger partial charge >= 0.3 is 12.1 Å². The number of hydrogen-bond donors (Lipinski definition) is 3. The average Bonchev–Trinajstić information content (AvgIpc) is 3.37. The fourth-order valence-electron chi connectivity index (χ4n) is 3.90. The molecule has 9 heteroatoms. The topological polar surface area (TPSA) is 123 Å². The molecule has 33 heavy (non-hydrogen) atoms. The number of nitrogens with one attached hydrogen (secondary N) is 2. The van der Waals surface area contributed by atoms with E-state index in [4.69, 9.17) is 9.84 Å². The van der Waals surface area contributed by atoms with Crippen LogP contribution < -0.4 is 10.6 Å². The largest absolute Gasteiger partial charge is 0.480 e. The van der Waals surface area contributed by atoms with Gasteiger partial charge in [0.2, 0.25) is 5.91 Å². The molecule has 1 atom stereocenters. The third-order valence-corrected chi connectivity index (χ3v) is 5.54. The summed E-state index contributed by atoms with van der Waals surface area (Å²) in [7, 11) is 0. The average molecular weight is 448 g/mol. The van der Waals surface area contributed by atoms with Crippen molar-refractivity contribution in [3.05, 3.63) is 72.1 Å². The van der Waals surface area contributed by atoms with Crippen molar-refractivity contribution in [1.29, 1.82) is 0 Å². The molecule has 1 heterocycles. The number of alkyl carbamates (subject to hydrolysis) is 1. The predicted molar refractivity (Wildman–Crippen MR) is 121 cm³/mol. The number of aliphatic carboxylic acids is 1. The number of carbonyl (C=O) groups excluding carboxylic acids is 2. The molecule has 9 nitrogen and oxygen atoms in total. The van der Waals surface area contributed by atoms with Crippen LogP contribution in [0.1, 0.15) is 24.0 Å². The van der Waals surface area contributed by atoms with Crippen LogP contribution in [0.15, 0.2) is 60.9 Å². The smallest absolute Gasteiger partial charge is 0.407 e. The number of carboxylic acid groups (broad SMARTS) is 1. The van der Waals surface area contributed by atoms with Gasteiger partial charge < -0.3 is 20.5 Å². The molecule has 0 spiro atoms. The maximum atomic E-state index is 12.3. The van der Waals surface area contributed by atoms with Gasteiger partial charge in [-0.15, -0.1) is 0 Å². The van der Waals surface area contributed by atoms with Gasteiger partial charge in [-0.05, 0) is 22.3 Å². The normalized spacial score (nSPS) is 13.0. The lowest BCUT2D eigenvalue weighted by molar-refractivity contribution is -0.137. The van der Waals surface area contributed by atoms with Crippen molar-refractivity contribution >= 4 is 23.7 Å². The Morgan fingerprint density at radius 3 is 2.36 bits per heavy atom. The summed E-state index contributed by atoms with van der Waals surface area (Å²) in [5.74, 6) is -1.93. The van der Waals surface area contributed by atoms with Crippen LogP contribution in [-0.4, -0.2) is 46.0 Å². The van der Waals surface area contributed by atoms with Crippen molar-refractivity contribution in [1.82, 2.24) is 15.1 Å². The Labute approximate surface area is 190 Å². The second kappa shape index (κ2) is 9.56. The van der Waals surface area contributed by atoms with Crippen LogP contribution >= 0.6 is 0 Å². The van der Waals surface area contributed by atoms with E-state index in [0.717, 1.165) is 22.3 Å². The summed E-state index contributed by atoms with van der Waals surface area (Å²) in [4.78, 5) is 35.3. The van der Waals surface area contributed by atoms with Gasteiger partial charge in [0.1, 0.15) is 13.2 Å². The maximum absolute atomic E-state index is 12.3. The molecular weight excluding hydrogens is 424 g/mol. The molecule has 3 aromatic rings. The first-order valence-corrected chi connectivity index (χ1v) is 10.6. The van der Waals surface area contributed by atoms with E-state index in [2.05, 4.69) is 27.9 Å². The minimum absolute atomic E-state index is 0.0359. The SMILES string of the molecule is CC(CNC(=O)OCC1c2ccccc2-c2ccccc21)C(=O)Nc1cnn(CC(=O)O)c1. The van der Waals surface area contributed by atoms with Crippen LogP contribution in [0.3, 0.4) is 0 Å². The number of carboxylic acids is 1. The Kier molecular flexibility index (Phi) is 6.39. The van der Waals surface area contributed by atoms with Crippen molar-refractivity contribution < 1.29 is 24.2 Å². The van der Waals surface area contributed by atoms with Gasteiger partial charge in [-0.25, -0.2) is 4.79 Å². The van der Waals surface area contributed by atoms with Crippen molar-refractivity contribution in [2.45, 2.75) is 19.4 Å². The Balaban J connectivity index is 1.27. The van der Waals surface area contributed by atoms with Crippen LogP contribution in [0.5, 0.6) is 0 Å². The molecule has 170 valence electrons. The fourth-order valence-corrected chi connectivity index (χ4v) is 3.90. The molecule has 1 aliphatic carbocycles. The number of benzene rings is 2. The summed E-state index contributed by atoms with van der Waals surface area (Å²) < 4.78 is 6.68. The fraction of sp³-hybridized carbons (Fsp3) is 0.250. The van der Waals surface area contributed by atoms with Gasteiger partial charge in [-0.3, -0.25) is 14.3 Å². The highest BCUT2D eigenvalue weighted by atomic mass is 16.5. The van der Waals surface area contributed by atoms with Gasteiger partial charge in [-0.1, -0.05) is 55.5 Å². The van der Waals surface area contributed by atoms with Crippen LogP contribution in [-0.2, 0) is 20.9 Å². The van der Waals surface area contributed by atoms with Gasteiger partial charge in [0.25, 0.3) is 0 Å². The van der Waals surface area contributed by atoms with Crippen LogP contribution in [0.25, 0.3) is 11.1 Å². The van der Waals surface area contributed by atoms with Crippen molar-refractivity contribution in [3.63, 3.8) is 0 Å². The summed E-state index contributed by atoms with van der Waals surface area (Å²) >= 11 is 0. The zero-order chi connectivity index (χ0) is 23.4. The second-order valence-electron chi connectivity index (χ2n) is 7.92. The van der Waals surface area contributed by atoms with E-state index in [1.54, 1.807) is 6.92 Å². The Bertz CT molecular complexity index is 1140. The molecule has 2 amide bonds. The van der Waals surface area contributed by atoms with E-state index in [-0.39, 0.29) is 31.5 Å². The van der Waals surface area contributed by atoms with E-state index in [1.807, 2.05) is 36.4 Å². The first kappa shape index (κ1) is 22.1. The first-order valence-electron chi connectivity index (χ1n) is 10.6. The lowest BCUT2D eigenvalue weighted by Crippen LogP contribution is -2.34. The molecule has 1 unspecified atom stereocenters. The lowest BCUT2D eigenvalue weighted by atomic mass is 9.98. The monoisotopic (exact) mass is 448 g/mol. The molecule has 3 N–H and O–H groups in total. The van der Waals surface area contributed by atoms with Gasteiger partial charge in [0, 0.05) is 18.7 Å². The predicted octanol–water partition coefficient (Wildman–Crippen LogP) is 3.08. The van der Waals surface area contributed by atoms with E-state index in [9.17, 15) is 14.4 Å². The van der Waals surface area contributed by atoms with E-state index < -0.39 is 18.0 Å². The number of nitrogens with zero attached hydrogens (tertiary/aromatic N) is 2. The van der Waals surface area contributed by atoms with Crippen LogP contribution in [0.2, 0.25) is 0 Å². The minimum Gasteiger partial charge on any atom is -0.480 e. The summed E-state index contributed by atoms with van der Waals surface area (Å²) in [6.07, 6.45) is 2.20. The number of fused-ring (bicyclic) bond motifs is 3. The summed E-state index contributed by atoms with van der Waals surface area (Å²) in [6.45, 7) is 1.66. The highest BCUT2D eigenvalue weighted by molar-refractivity contribution is 5.92. The number of carbonyl (C=O) groups is 3. The number of amides is 2. The molecule has 2 aromatic carbocycles. The Hall–Kier alpha value is -4.14. The standard InChI is InChI=1S/C24H24N4O5/c1-15(23(31)27-16-11-26-28(12-16)13-22(29)30)10-25-24(32)33-14-21-19-8-4-2-6-17(19)18-7-3-5-9-20(18)21/h2-9,11-12,15,21H,10,13-14H2,1H3,(H,25,32)(H,27,31)(H,29,30). The Morgan fingerprint density at radius 1 is 1.09 bits per heavy atom. The molecule has 1 aromatic heterocycles. The number of ether oxygens (including phenoxy) is 1. The number of rotatable bonds is 8. The molecule has 1 aliphatic rings. The third-order valence-electron chi connectivity index (χ3n) is 5.54. The molecule has 0 radical (unpaired) electrons. The number of anilines is 1. The van der Waals surface area contributed by atoms with Crippen molar-refractivity contribution in [2.75, 3.05) is 18.5 Å².